The van der Waals surface area contributed by atoms with E-state index in [0.717, 1.165) is 10.0 Å². The third kappa shape index (κ3) is 2.52. The van der Waals surface area contributed by atoms with Crippen molar-refractivity contribution in [2.45, 2.75) is 6.61 Å². The van der Waals surface area contributed by atoms with Crippen molar-refractivity contribution in [1.82, 2.24) is 4.98 Å². The summed E-state index contributed by atoms with van der Waals surface area (Å²) >= 11 is 3.40. The average molecular weight is 280 g/mol. The smallest absolute Gasteiger partial charge is 0.355 e. The van der Waals surface area contributed by atoms with Gasteiger partial charge in [-0.15, -0.1) is 0 Å². The molecule has 0 spiro atoms. The van der Waals surface area contributed by atoms with Gasteiger partial charge in [0.05, 0.1) is 0 Å². The fourth-order valence-corrected chi connectivity index (χ4v) is 1.69. The highest BCUT2D eigenvalue weighted by Crippen LogP contribution is 2.17. The molecule has 1 aromatic carbocycles. The van der Waals surface area contributed by atoms with E-state index in [0.29, 0.717) is 5.69 Å². The summed E-state index contributed by atoms with van der Waals surface area (Å²) in [7, 11) is 0. The number of H-pyrrole nitrogens is 1. The van der Waals surface area contributed by atoms with E-state index >= 15 is 0 Å². The lowest BCUT2D eigenvalue weighted by Gasteiger charge is -2.05. The van der Waals surface area contributed by atoms with Crippen LogP contribution in [0.2, 0.25) is 0 Å². The number of aromatic amines is 1. The number of hydrogen-bond acceptors (Lipinski definition) is 2. The molecule has 1 aromatic heterocycles. The minimum Gasteiger partial charge on any atom is -0.456 e. The predicted octanol–water partition coefficient (Wildman–Crippen LogP) is 3.13. The highest BCUT2D eigenvalue weighted by molar-refractivity contribution is 9.10. The van der Waals surface area contributed by atoms with E-state index in [1.165, 1.54) is 0 Å². The molecule has 0 fully saturated rings. The largest absolute Gasteiger partial charge is 0.456 e. The van der Waals surface area contributed by atoms with Crippen LogP contribution >= 0.6 is 15.9 Å². The SMILES string of the molecule is O=C(OCc1ccccc1Br)c1ccc[nH]1. The number of rotatable bonds is 3. The third-order valence-corrected chi connectivity index (χ3v) is 2.91. The van der Waals surface area contributed by atoms with E-state index in [9.17, 15) is 4.79 Å². The Labute approximate surface area is 102 Å². The van der Waals surface area contributed by atoms with Crippen molar-refractivity contribution < 1.29 is 9.53 Å². The van der Waals surface area contributed by atoms with Gasteiger partial charge in [-0.1, -0.05) is 34.1 Å². The molecule has 0 aliphatic heterocycles. The molecule has 2 aromatic rings. The Hall–Kier alpha value is -1.55. The molecular weight excluding hydrogens is 270 g/mol. The van der Waals surface area contributed by atoms with Crippen LogP contribution in [0.1, 0.15) is 16.1 Å². The minimum absolute atomic E-state index is 0.263. The molecule has 0 bridgehead atoms. The summed E-state index contributed by atoms with van der Waals surface area (Å²) in [5.74, 6) is -0.347. The zero-order valence-corrected chi connectivity index (χ0v) is 10.0. The summed E-state index contributed by atoms with van der Waals surface area (Å²) in [5.41, 5.74) is 1.41. The van der Waals surface area contributed by atoms with Gasteiger partial charge in [-0.3, -0.25) is 0 Å². The Bertz CT molecular complexity index is 480. The van der Waals surface area contributed by atoms with Crippen molar-refractivity contribution in [2.75, 3.05) is 0 Å². The van der Waals surface area contributed by atoms with Crippen LogP contribution in [0.3, 0.4) is 0 Å². The van der Waals surface area contributed by atoms with Gasteiger partial charge in [0.25, 0.3) is 0 Å². The average Bonchev–Trinajstić information content (AvgIpc) is 2.81. The number of nitrogens with one attached hydrogen (secondary N) is 1. The normalized spacial score (nSPS) is 10.1. The Morgan fingerprint density at radius 1 is 1.25 bits per heavy atom. The first-order chi connectivity index (χ1) is 7.77. The van der Waals surface area contributed by atoms with Crippen molar-refractivity contribution in [1.29, 1.82) is 0 Å². The maximum atomic E-state index is 11.5. The Morgan fingerprint density at radius 3 is 2.75 bits per heavy atom. The molecule has 4 heteroatoms. The van der Waals surface area contributed by atoms with E-state index in [4.69, 9.17) is 4.74 Å². The van der Waals surface area contributed by atoms with Gasteiger partial charge >= 0.3 is 5.97 Å². The van der Waals surface area contributed by atoms with Gasteiger partial charge in [0.1, 0.15) is 12.3 Å². The molecule has 82 valence electrons. The van der Waals surface area contributed by atoms with Gasteiger partial charge in [0.2, 0.25) is 0 Å². The van der Waals surface area contributed by atoms with Gasteiger partial charge in [0.15, 0.2) is 0 Å². The summed E-state index contributed by atoms with van der Waals surface area (Å²) in [4.78, 5) is 14.3. The summed E-state index contributed by atoms with van der Waals surface area (Å²) in [6, 6.07) is 11.1. The molecule has 2 rings (SSSR count). The van der Waals surface area contributed by atoms with Crippen LogP contribution in [-0.2, 0) is 11.3 Å². The van der Waals surface area contributed by atoms with Gasteiger partial charge in [-0.25, -0.2) is 4.79 Å². The second-order valence-electron chi connectivity index (χ2n) is 3.25. The maximum absolute atomic E-state index is 11.5. The van der Waals surface area contributed by atoms with Crippen molar-refractivity contribution in [3.63, 3.8) is 0 Å². The molecule has 0 radical (unpaired) electrons. The molecule has 1 heterocycles. The maximum Gasteiger partial charge on any atom is 0.355 e. The van der Waals surface area contributed by atoms with E-state index in [1.807, 2.05) is 24.3 Å². The first kappa shape index (κ1) is 11.0. The van der Waals surface area contributed by atoms with E-state index < -0.39 is 0 Å². The standard InChI is InChI=1S/C12H10BrNO2/c13-10-5-2-1-4-9(10)8-16-12(15)11-6-3-7-14-11/h1-7,14H,8H2. The first-order valence-electron chi connectivity index (χ1n) is 4.81. The van der Waals surface area contributed by atoms with E-state index in [1.54, 1.807) is 18.3 Å². The number of ether oxygens (including phenoxy) is 1. The van der Waals surface area contributed by atoms with Crippen LogP contribution in [-0.4, -0.2) is 11.0 Å². The lowest BCUT2D eigenvalue weighted by molar-refractivity contribution is 0.0466. The molecular formula is C12H10BrNO2. The fraction of sp³-hybridized carbons (Fsp3) is 0.0833. The van der Waals surface area contributed by atoms with E-state index in [2.05, 4.69) is 20.9 Å². The number of carbonyl (C=O) groups excluding carboxylic acids is 1. The van der Waals surface area contributed by atoms with Gasteiger partial charge in [-0.05, 0) is 18.2 Å². The van der Waals surface area contributed by atoms with Crippen LogP contribution in [0.25, 0.3) is 0 Å². The molecule has 0 aliphatic carbocycles. The zero-order chi connectivity index (χ0) is 11.4. The molecule has 3 nitrogen and oxygen atoms in total. The number of esters is 1. The summed E-state index contributed by atoms with van der Waals surface area (Å²) in [6.07, 6.45) is 1.69. The second kappa shape index (κ2) is 4.99. The summed E-state index contributed by atoms with van der Waals surface area (Å²) in [6.45, 7) is 0.263. The number of carbonyl (C=O) groups is 1. The topological polar surface area (TPSA) is 42.1 Å². The molecule has 0 amide bonds. The minimum atomic E-state index is -0.347. The van der Waals surface area contributed by atoms with Gasteiger partial charge in [-0.2, -0.15) is 0 Å². The monoisotopic (exact) mass is 279 g/mol. The van der Waals surface area contributed by atoms with Crippen molar-refractivity contribution in [3.05, 3.63) is 58.3 Å². The van der Waals surface area contributed by atoms with Crippen LogP contribution in [0, 0.1) is 0 Å². The fourth-order valence-electron chi connectivity index (χ4n) is 1.29. The quantitative estimate of drug-likeness (QED) is 0.878. The second-order valence-corrected chi connectivity index (χ2v) is 4.11. The predicted molar refractivity (Wildman–Crippen MR) is 64.1 cm³/mol. The number of benzene rings is 1. The van der Waals surface area contributed by atoms with Crippen LogP contribution in [0.4, 0.5) is 0 Å². The molecule has 0 atom stereocenters. The van der Waals surface area contributed by atoms with Gasteiger partial charge in [0, 0.05) is 16.2 Å². The number of aromatic nitrogens is 1. The Kier molecular flexibility index (Phi) is 3.41. The third-order valence-electron chi connectivity index (χ3n) is 2.13. The van der Waals surface area contributed by atoms with Crippen LogP contribution in [0.5, 0.6) is 0 Å². The highest BCUT2D eigenvalue weighted by atomic mass is 79.9. The van der Waals surface area contributed by atoms with Crippen molar-refractivity contribution >= 4 is 21.9 Å². The van der Waals surface area contributed by atoms with Crippen molar-refractivity contribution in [2.24, 2.45) is 0 Å². The van der Waals surface area contributed by atoms with Crippen LogP contribution in [0.15, 0.2) is 47.1 Å². The number of halogens is 1. The highest BCUT2D eigenvalue weighted by Gasteiger charge is 2.08. The molecule has 0 saturated carbocycles. The lowest BCUT2D eigenvalue weighted by Crippen LogP contribution is -2.05. The molecule has 0 saturated heterocycles. The Balaban J connectivity index is 1.98. The Morgan fingerprint density at radius 2 is 2.06 bits per heavy atom. The number of hydrogen-bond donors (Lipinski definition) is 1. The lowest BCUT2D eigenvalue weighted by atomic mass is 10.2. The molecule has 16 heavy (non-hydrogen) atoms. The first-order valence-corrected chi connectivity index (χ1v) is 5.60. The molecule has 1 N–H and O–H groups in total. The molecule has 0 unspecified atom stereocenters. The summed E-state index contributed by atoms with van der Waals surface area (Å²) in [5, 5.41) is 0. The summed E-state index contributed by atoms with van der Waals surface area (Å²) < 4.78 is 6.09. The van der Waals surface area contributed by atoms with Crippen LogP contribution < -0.4 is 0 Å². The van der Waals surface area contributed by atoms with Gasteiger partial charge < -0.3 is 9.72 Å². The molecule has 0 aliphatic rings. The zero-order valence-electron chi connectivity index (χ0n) is 8.44. The van der Waals surface area contributed by atoms with E-state index in [-0.39, 0.29) is 12.6 Å². The van der Waals surface area contributed by atoms with Crippen molar-refractivity contribution in [3.8, 4) is 0 Å².